The molecular weight excluding hydrogens is 468 g/mol. The van der Waals surface area contributed by atoms with Gasteiger partial charge in [-0.1, -0.05) is 30.3 Å². The average Bonchev–Trinajstić information content (AvgIpc) is 2.93. The largest absolute Gasteiger partial charge is 0.381 e. The number of anilines is 3. The van der Waals surface area contributed by atoms with Crippen molar-refractivity contribution in [3.8, 4) is 0 Å². The first kappa shape index (κ1) is 25.2. The summed E-state index contributed by atoms with van der Waals surface area (Å²) in [6, 6.07) is 13.4. The van der Waals surface area contributed by atoms with E-state index in [-0.39, 0.29) is 5.41 Å². The minimum atomic E-state index is 0.0101. The predicted molar refractivity (Wildman–Crippen MR) is 151 cm³/mol. The van der Waals surface area contributed by atoms with Gasteiger partial charge < -0.3 is 25.2 Å². The Morgan fingerprint density at radius 2 is 1.72 bits per heavy atom. The predicted octanol–water partition coefficient (Wildman–Crippen LogP) is 4.88. The first-order chi connectivity index (χ1) is 17.6. The van der Waals surface area contributed by atoms with Crippen LogP contribution in [-0.4, -0.2) is 60.5 Å². The molecule has 2 N–H and O–H groups in total. The smallest absolute Gasteiger partial charge is 0.232 e. The third-order valence-corrected chi connectivity index (χ3v) is 8.37. The Morgan fingerprint density at radius 1 is 1.00 bits per heavy atom. The summed E-state index contributed by atoms with van der Waals surface area (Å²) in [7, 11) is 0. The first-order valence-electron chi connectivity index (χ1n) is 13.7. The van der Waals surface area contributed by atoms with Crippen LogP contribution in [0.4, 0.5) is 17.6 Å². The highest BCUT2D eigenvalue weighted by molar-refractivity contribution is 7.80. The van der Waals surface area contributed by atoms with Gasteiger partial charge in [-0.25, -0.2) is 0 Å². The van der Waals surface area contributed by atoms with Crippen molar-refractivity contribution in [3.05, 3.63) is 42.0 Å². The van der Waals surface area contributed by atoms with Crippen LogP contribution < -0.4 is 20.4 Å². The van der Waals surface area contributed by atoms with Crippen molar-refractivity contribution in [1.29, 1.82) is 0 Å². The monoisotopic (exact) mass is 508 g/mol. The number of benzene rings is 1. The number of piperidine rings is 2. The SMILES string of the molecule is C[C@@H]1CCCCN1c1cc(N2CCCCC2)nc(NC(=S)NCC2(c3ccccc3)CCOCC2)n1. The van der Waals surface area contributed by atoms with Gasteiger partial charge in [-0.3, -0.25) is 0 Å². The van der Waals surface area contributed by atoms with Crippen molar-refractivity contribution < 1.29 is 4.74 Å². The lowest BCUT2D eigenvalue weighted by molar-refractivity contribution is 0.0515. The van der Waals surface area contributed by atoms with Crippen LogP contribution in [0.2, 0.25) is 0 Å². The number of ether oxygens (including phenoxy) is 1. The third-order valence-electron chi connectivity index (χ3n) is 8.13. The van der Waals surface area contributed by atoms with Crippen molar-refractivity contribution in [2.45, 2.75) is 69.7 Å². The molecule has 0 spiro atoms. The second kappa shape index (κ2) is 11.7. The minimum Gasteiger partial charge on any atom is -0.381 e. The quantitative estimate of drug-likeness (QED) is 0.535. The van der Waals surface area contributed by atoms with Crippen molar-refractivity contribution in [1.82, 2.24) is 15.3 Å². The fraction of sp³-hybridized carbons (Fsp3) is 0.607. The molecule has 3 fully saturated rings. The number of nitrogens with zero attached hydrogens (tertiary/aromatic N) is 4. The van der Waals surface area contributed by atoms with Crippen molar-refractivity contribution in [2.75, 3.05) is 54.5 Å². The maximum atomic E-state index is 5.77. The minimum absolute atomic E-state index is 0.0101. The standard InChI is InChI=1S/C28H40N6OS/c1-22-10-6-9-17-34(22)25-20-24(33-15-7-3-8-16-33)30-26(31-25)32-27(36)29-21-28(13-18-35-19-14-28)23-11-4-2-5-12-23/h2,4-5,11-12,20,22H,3,6-10,13-19,21H2,1H3,(H2,29,30,31,32,36)/t22-/m1/s1. The van der Waals surface area contributed by atoms with Gasteiger partial charge in [-0.2, -0.15) is 9.97 Å². The Morgan fingerprint density at radius 3 is 2.47 bits per heavy atom. The lowest BCUT2D eigenvalue weighted by Gasteiger charge is -2.38. The molecule has 36 heavy (non-hydrogen) atoms. The highest BCUT2D eigenvalue weighted by atomic mass is 32.1. The van der Waals surface area contributed by atoms with Crippen LogP contribution in [-0.2, 0) is 10.2 Å². The number of thiocarbonyl (C=S) groups is 1. The Kier molecular flexibility index (Phi) is 8.22. The van der Waals surface area contributed by atoms with Crippen LogP contribution in [0.1, 0.15) is 63.9 Å². The lowest BCUT2D eigenvalue weighted by Crippen LogP contribution is -2.45. The van der Waals surface area contributed by atoms with Gasteiger partial charge in [-0.15, -0.1) is 0 Å². The number of aromatic nitrogens is 2. The maximum Gasteiger partial charge on any atom is 0.232 e. The fourth-order valence-electron chi connectivity index (χ4n) is 5.87. The van der Waals surface area contributed by atoms with Gasteiger partial charge in [0.2, 0.25) is 5.95 Å². The molecule has 0 saturated carbocycles. The van der Waals surface area contributed by atoms with Crippen LogP contribution in [0.3, 0.4) is 0 Å². The summed E-state index contributed by atoms with van der Waals surface area (Å²) >= 11 is 5.77. The summed E-state index contributed by atoms with van der Waals surface area (Å²) in [5.74, 6) is 2.60. The molecule has 4 heterocycles. The van der Waals surface area contributed by atoms with Crippen LogP contribution >= 0.6 is 12.2 Å². The summed E-state index contributed by atoms with van der Waals surface area (Å²) in [6.45, 7) is 7.75. The van der Waals surface area contributed by atoms with Crippen molar-refractivity contribution in [3.63, 3.8) is 0 Å². The molecule has 8 heteroatoms. The van der Waals surface area contributed by atoms with E-state index in [1.807, 2.05) is 0 Å². The normalized spacial score (nSPS) is 22.2. The maximum absolute atomic E-state index is 5.77. The van der Waals surface area contributed by atoms with Crippen LogP contribution in [0.5, 0.6) is 0 Å². The summed E-state index contributed by atoms with van der Waals surface area (Å²) < 4.78 is 5.69. The molecule has 0 amide bonds. The Hall–Kier alpha value is -2.45. The second-order valence-electron chi connectivity index (χ2n) is 10.6. The van der Waals surface area contributed by atoms with Crippen molar-refractivity contribution in [2.24, 2.45) is 0 Å². The van der Waals surface area contributed by atoms with Crippen molar-refractivity contribution >= 4 is 34.9 Å². The molecule has 1 aromatic carbocycles. The topological polar surface area (TPSA) is 65.5 Å². The molecule has 5 rings (SSSR count). The van der Waals surface area contributed by atoms with E-state index >= 15 is 0 Å². The number of rotatable bonds is 6. The first-order valence-corrected chi connectivity index (χ1v) is 14.1. The summed E-state index contributed by atoms with van der Waals surface area (Å²) in [4.78, 5) is 14.7. The molecule has 3 saturated heterocycles. The van der Waals surface area contributed by atoms with Gasteiger partial charge in [-0.05, 0) is 76.1 Å². The summed E-state index contributed by atoms with van der Waals surface area (Å²) in [6.07, 6.45) is 9.38. The highest BCUT2D eigenvalue weighted by Crippen LogP contribution is 2.34. The van der Waals surface area contributed by atoms with E-state index in [4.69, 9.17) is 26.9 Å². The van der Waals surface area contributed by atoms with Gasteiger partial charge >= 0.3 is 0 Å². The van der Waals surface area contributed by atoms with Gasteiger partial charge in [0.05, 0.1) is 0 Å². The van der Waals surface area contributed by atoms with E-state index in [0.29, 0.717) is 17.1 Å². The molecule has 7 nitrogen and oxygen atoms in total. The molecule has 1 atom stereocenters. The molecular formula is C28H40N6OS. The van der Waals surface area contributed by atoms with E-state index in [1.54, 1.807) is 0 Å². The summed E-state index contributed by atoms with van der Waals surface area (Å²) in [5, 5.41) is 7.42. The molecule has 3 aliphatic rings. The fourth-order valence-corrected chi connectivity index (χ4v) is 6.03. The van der Waals surface area contributed by atoms with Crippen LogP contribution in [0, 0.1) is 0 Å². The lowest BCUT2D eigenvalue weighted by atomic mass is 9.74. The zero-order valence-electron chi connectivity index (χ0n) is 21.5. The summed E-state index contributed by atoms with van der Waals surface area (Å²) in [5.41, 5.74) is 1.35. The van der Waals surface area contributed by atoms with Crippen LogP contribution in [0.25, 0.3) is 0 Å². The molecule has 2 aromatic rings. The zero-order chi connectivity index (χ0) is 24.8. The second-order valence-corrected chi connectivity index (χ2v) is 11.0. The zero-order valence-corrected chi connectivity index (χ0v) is 22.4. The molecule has 0 bridgehead atoms. The molecule has 1 aromatic heterocycles. The van der Waals surface area contributed by atoms with Gasteiger partial charge in [0, 0.05) is 56.9 Å². The molecule has 0 aliphatic carbocycles. The van der Waals surface area contributed by atoms with Gasteiger partial charge in [0.15, 0.2) is 5.11 Å². The molecule has 194 valence electrons. The van der Waals surface area contributed by atoms with Gasteiger partial charge in [0.1, 0.15) is 11.6 Å². The Labute approximate surface area is 221 Å². The van der Waals surface area contributed by atoms with E-state index in [1.165, 1.54) is 44.1 Å². The van der Waals surface area contributed by atoms with E-state index < -0.39 is 0 Å². The number of hydrogen-bond acceptors (Lipinski definition) is 6. The third kappa shape index (κ3) is 5.92. The molecule has 3 aliphatic heterocycles. The highest BCUT2D eigenvalue weighted by Gasteiger charge is 2.34. The van der Waals surface area contributed by atoms with E-state index in [9.17, 15) is 0 Å². The number of hydrogen-bond donors (Lipinski definition) is 2. The van der Waals surface area contributed by atoms with Crippen LogP contribution in [0.15, 0.2) is 36.4 Å². The van der Waals surface area contributed by atoms with E-state index in [0.717, 1.165) is 63.9 Å². The molecule has 0 unspecified atom stereocenters. The van der Waals surface area contributed by atoms with E-state index in [2.05, 4.69) is 63.8 Å². The number of nitrogens with one attached hydrogen (secondary N) is 2. The molecule has 0 radical (unpaired) electrons. The average molecular weight is 509 g/mol. The van der Waals surface area contributed by atoms with Gasteiger partial charge in [0.25, 0.3) is 0 Å². The Balaban J connectivity index is 1.33. The Bertz CT molecular complexity index is 1010.